The van der Waals surface area contributed by atoms with E-state index >= 15 is 0 Å². The molecule has 2 amide bonds. The Bertz CT molecular complexity index is 1100. The number of benzene rings is 1. The maximum atomic E-state index is 13.0. The molecule has 1 aromatic carbocycles. The highest BCUT2D eigenvalue weighted by Gasteiger charge is 2.43. The van der Waals surface area contributed by atoms with E-state index in [4.69, 9.17) is 19.6 Å². The third kappa shape index (κ3) is 3.73. The van der Waals surface area contributed by atoms with E-state index < -0.39 is 17.4 Å². The number of hydrogen-bond acceptors (Lipinski definition) is 6. The minimum atomic E-state index is -1.21. The van der Waals surface area contributed by atoms with Gasteiger partial charge in [-0.15, -0.1) is 0 Å². The fraction of sp³-hybridized carbons (Fsp3) is 0.318. The average Bonchev–Trinajstić information content (AvgIpc) is 3.31. The van der Waals surface area contributed by atoms with Crippen molar-refractivity contribution in [3.8, 4) is 5.75 Å². The van der Waals surface area contributed by atoms with Crippen LogP contribution in [0.5, 0.6) is 5.75 Å². The van der Waals surface area contributed by atoms with Gasteiger partial charge in [-0.1, -0.05) is 6.07 Å². The summed E-state index contributed by atoms with van der Waals surface area (Å²) in [5, 5.41) is 3.36. The Morgan fingerprint density at radius 3 is 2.77 bits per heavy atom. The monoisotopic (exact) mass is 409 g/mol. The molecule has 0 aliphatic carbocycles. The van der Waals surface area contributed by atoms with Crippen LogP contribution >= 0.6 is 0 Å². The lowest BCUT2D eigenvalue weighted by atomic mass is 9.97. The summed E-state index contributed by atoms with van der Waals surface area (Å²) in [4.78, 5) is 29.3. The molecule has 0 radical (unpaired) electrons. The second-order valence-electron chi connectivity index (χ2n) is 7.49. The molecule has 1 fully saturated rings. The Hall–Kier alpha value is -3.39. The lowest BCUT2D eigenvalue weighted by Gasteiger charge is -2.24. The van der Waals surface area contributed by atoms with Gasteiger partial charge in [0, 0.05) is 35.9 Å². The maximum Gasteiger partial charge on any atom is 0.256 e. The molecule has 1 aliphatic rings. The van der Waals surface area contributed by atoms with E-state index in [-0.39, 0.29) is 6.61 Å². The van der Waals surface area contributed by atoms with Crippen molar-refractivity contribution in [1.29, 1.82) is 0 Å². The molecule has 0 spiro atoms. The van der Waals surface area contributed by atoms with Crippen LogP contribution in [0.3, 0.4) is 0 Å². The fourth-order valence-electron chi connectivity index (χ4n) is 3.52. The third-order valence-corrected chi connectivity index (χ3v) is 5.29. The maximum absolute atomic E-state index is 13.0. The largest absolute Gasteiger partial charge is 0.489 e. The van der Waals surface area contributed by atoms with Gasteiger partial charge in [0.2, 0.25) is 5.91 Å². The zero-order valence-electron chi connectivity index (χ0n) is 16.9. The third-order valence-electron chi connectivity index (χ3n) is 5.29. The topological polar surface area (TPSA) is 117 Å². The lowest BCUT2D eigenvalue weighted by molar-refractivity contribution is -0.124. The lowest BCUT2D eigenvalue weighted by Crippen LogP contribution is -2.58. The molecule has 1 saturated heterocycles. The number of primary amides is 1. The molecule has 0 saturated carbocycles. The summed E-state index contributed by atoms with van der Waals surface area (Å²) in [6.45, 7) is 4.39. The van der Waals surface area contributed by atoms with E-state index in [1.807, 2.05) is 19.1 Å². The van der Waals surface area contributed by atoms with Gasteiger partial charge in [0.15, 0.2) is 0 Å². The number of ether oxygens (including phenoxy) is 2. The van der Waals surface area contributed by atoms with Gasteiger partial charge < -0.3 is 24.9 Å². The van der Waals surface area contributed by atoms with Crippen LogP contribution in [0.1, 0.15) is 33.8 Å². The number of hydrogen-bond donors (Lipinski definition) is 2. The molecule has 1 atom stereocenters. The van der Waals surface area contributed by atoms with Crippen molar-refractivity contribution in [3.05, 3.63) is 59.1 Å². The first-order chi connectivity index (χ1) is 14.4. The number of carbonyl (C=O) groups excluding carboxylic acids is 2. The Kier molecular flexibility index (Phi) is 5.17. The molecule has 0 bridgehead atoms. The molecule has 1 unspecified atom stereocenters. The zero-order valence-corrected chi connectivity index (χ0v) is 16.9. The molecule has 156 valence electrons. The number of pyridine rings is 1. The van der Waals surface area contributed by atoms with Crippen molar-refractivity contribution in [1.82, 2.24) is 10.3 Å². The van der Waals surface area contributed by atoms with Gasteiger partial charge in [-0.2, -0.15) is 0 Å². The molecule has 30 heavy (non-hydrogen) atoms. The van der Waals surface area contributed by atoms with Crippen LogP contribution in [0.4, 0.5) is 0 Å². The summed E-state index contributed by atoms with van der Waals surface area (Å²) in [7, 11) is 0. The van der Waals surface area contributed by atoms with Crippen molar-refractivity contribution < 1.29 is 23.5 Å². The zero-order chi connectivity index (χ0) is 21.3. The number of amides is 2. The summed E-state index contributed by atoms with van der Waals surface area (Å²) in [5.74, 6) is -0.0161. The number of nitrogens with two attached hydrogens (primary N) is 1. The van der Waals surface area contributed by atoms with E-state index in [2.05, 4.69) is 10.3 Å². The number of furan rings is 1. The van der Waals surface area contributed by atoms with Crippen LogP contribution in [0, 0.1) is 13.8 Å². The van der Waals surface area contributed by atoms with Gasteiger partial charge in [0.25, 0.3) is 5.91 Å². The quantitative estimate of drug-likeness (QED) is 0.646. The highest BCUT2D eigenvalue weighted by Crippen LogP contribution is 2.30. The van der Waals surface area contributed by atoms with E-state index in [0.29, 0.717) is 47.7 Å². The molecule has 4 rings (SSSR count). The predicted molar refractivity (Wildman–Crippen MR) is 109 cm³/mol. The van der Waals surface area contributed by atoms with Gasteiger partial charge in [-0.05, 0) is 38.1 Å². The summed E-state index contributed by atoms with van der Waals surface area (Å²) < 4.78 is 16.9. The van der Waals surface area contributed by atoms with Gasteiger partial charge in [0.1, 0.15) is 29.2 Å². The van der Waals surface area contributed by atoms with Gasteiger partial charge in [0.05, 0.1) is 12.2 Å². The Morgan fingerprint density at radius 1 is 1.27 bits per heavy atom. The molecular weight excluding hydrogens is 386 g/mol. The molecule has 8 heteroatoms. The van der Waals surface area contributed by atoms with Gasteiger partial charge >= 0.3 is 0 Å². The molecular formula is C22H23N3O5. The molecule has 8 nitrogen and oxygen atoms in total. The summed E-state index contributed by atoms with van der Waals surface area (Å²) >= 11 is 0. The second kappa shape index (κ2) is 7.79. The fourth-order valence-corrected chi connectivity index (χ4v) is 3.52. The van der Waals surface area contributed by atoms with Gasteiger partial charge in [-0.3, -0.25) is 14.6 Å². The smallest absolute Gasteiger partial charge is 0.256 e. The highest BCUT2D eigenvalue weighted by atomic mass is 16.5. The first-order valence-corrected chi connectivity index (χ1v) is 9.66. The molecule has 2 aromatic heterocycles. The predicted octanol–water partition coefficient (Wildman–Crippen LogP) is 2.40. The summed E-state index contributed by atoms with van der Waals surface area (Å²) in [5.41, 5.74) is 7.10. The van der Waals surface area contributed by atoms with E-state index in [9.17, 15) is 9.59 Å². The number of carbonyl (C=O) groups is 2. The van der Waals surface area contributed by atoms with Crippen LogP contribution in [-0.4, -0.2) is 35.6 Å². The number of nitrogens with one attached hydrogen (secondary N) is 1. The van der Waals surface area contributed by atoms with Crippen molar-refractivity contribution in [2.75, 3.05) is 13.2 Å². The first kappa shape index (κ1) is 19.9. The average molecular weight is 409 g/mol. The Balaban J connectivity index is 1.59. The van der Waals surface area contributed by atoms with Crippen molar-refractivity contribution >= 4 is 22.8 Å². The van der Waals surface area contributed by atoms with E-state index in [0.717, 1.165) is 11.3 Å². The number of aromatic nitrogens is 1. The van der Waals surface area contributed by atoms with Crippen LogP contribution in [0.15, 0.2) is 40.9 Å². The van der Waals surface area contributed by atoms with Crippen molar-refractivity contribution in [3.63, 3.8) is 0 Å². The molecule has 3 aromatic rings. The Labute approximate surface area is 173 Å². The standard InChI is InChI=1S/C22H23N3O5/c1-13-3-4-15(10-24-13)11-29-16-5-6-18-17(9-16)19(14(2)30-18)20(26)25-22(21(23)27)7-8-28-12-22/h3-6,9-10H,7-8,11-12H2,1-2H3,(H2,23,27)(H,25,26). The van der Waals surface area contributed by atoms with E-state index in [1.54, 1.807) is 31.3 Å². The minimum Gasteiger partial charge on any atom is -0.489 e. The molecule has 3 heterocycles. The van der Waals surface area contributed by atoms with E-state index in [1.165, 1.54) is 0 Å². The van der Waals surface area contributed by atoms with Crippen LogP contribution < -0.4 is 15.8 Å². The summed E-state index contributed by atoms with van der Waals surface area (Å²) in [6, 6.07) is 9.17. The van der Waals surface area contributed by atoms with Crippen molar-refractivity contribution in [2.24, 2.45) is 5.73 Å². The summed E-state index contributed by atoms with van der Waals surface area (Å²) in [6.07, 6.45) is 2.10. The minimum absolute atomic E-state index is 0.0574. The highest BCUT2D eigenvalue weighted by molar-refractivity contribution is 6.09. The molecule has 1 aliphatic heterocycles. The number of fused-ring (bicyclic) bond motifs is 1. The SMILES string of the molecule is Cc1ccc(COc2ccc3oc(C)c(C(=O)NC4(C(N)=O)CCOC4)c3c2)cn1. The van der Waals surface area contributed by atoms with Crippen LogP contribution in [-0.2, 0) is 16.1 Å². The normalized spacial score (nSPS) is 18.5. The number of rotatable bonds is 6. The van der Waals surface area contributed by atoms with Crippen LogP contribution in [0.25, 0.3) is 11.0 Å². The first-order valence-electron chi connectivity index (χ1n) is 9.66. The number of aryl methyl sites for hydroxylation is 2. The van der Waals surface area contributed by atoms with Crippen molar-refractivity contribution in [2.45, 2.75) is 32.4 Å². The molecule has 3 N–H and O–H groups in total. The van der Waals surface area contributed by atoms with Gasteiger partial charge in [-0.25, -0.2) is 0 Å². The van der Waals surface area contributed by atoms with Crippen LogP contribution in [0.2, 0.25) is 0 Å². The second-order valence-corrected chi connectivity index (χ2v) is 7.49. The number of nitrogens with zero attached hydrogens (tertiary/aromatic N) is 1. The Morgan fingerprint density at radius 2 is 2.10 bits per heavy atom.